The Morgan fingerprint density at radius 3 is 2.00 bits per heavy atom. The molecule has 1 aliphatic rings. The van der Waals surface area contributed by atoms with Gasteiger partial charge in [0.05, 0.1) is 30.3 Å². The van der Waals surface area contributed by atoms with E-state index in [-0.39, 0.29) is 24.4 Å². The van der Waals surface area contributed by atoms with Crippen LogP contribution >= 0.6 is 0 Å². The first-order chi connectivity index (χ1) is 13.8. The van der Waals surface area contributed by atoms with Crippen LogP contribution in [0.5, 0.6) is 0 Å². The SMILES string of the molecule is CCOC(=O)C1=C(C)NC(C)=C(C(=O)OCC)C1c1ccccc1/C=C/C(=O)O. The van der Waals surface area contributed by atoms with Gasteiger partial charge < -0.3 is 19.9 Å². The summed E-state index contributed by atoms with van der Waals surface area (Å²) >= 11 is 0. The molecule has 0 aromatic heterocycles. The highest BCUT2D eigenvalue weighted by molar-refractivity contribution is 6.00. The summed E-state index contributed by atoms with van der Waals surface area (Å²) in [7, 11) is 0. The summed E-state index contributed by atoms with van der Waals surface area (Å²) in [6.07, 6.45) is 2.46. The molecular formula is C22H25NO6. The second-order valence-electron chi connectivity index (χ2n) is 6.38. The Labute approximate surface area is 169 Å². The lowest BCUT2D eigenvalue weighted by molar-refractivity contribution is -0.139. The Balaban J connectivity index is 2.74. The number of benzene rings is 1. The number of carbonyl (C=O) groups is 3. The number of aliphatic carboxylic acids is 1. The summed E-state index contributed by atoms with van der Waals surface area (Å²) in [5.74, 6) is -2.95. The van der Waals surface area contributed by atoms with Gasteiger partial charge in [-0.25, -0.2) is 14.4 Å². The van der Waals surface area contributed by atoms with Crippen LogP contribution in [0.4, 0.5) is 0 Å². The molecule has 1 aliphatic heterocycles. The summed E-state index contributed by atoms with van der Waals surface area (Å²) in [5, 5.41) is 12.1. The van der Waals surface area contributed by atoms with Crippen molar-refractivity contribution >= 4 is 24.0 Å². The van der Waals surface area contributed by atoms with Crippen molar-refractivity contribution in [2.24, 2.45) is 0 Å². The molecule has 0 bridgehead atoms. The number of hydrogen-bond acceptors (Lipinski definition) is 6. The van der Waals surface area contributed by atoms with Crippen molar-refractivity contribution in [2.45, 2.75) is 33.6 Å². The maximum absolute atomic E-state index is 12.8. The van der Waals surface area contributed by atoms with Gasteiger partial charge in [-0.1, -0.05) is 24.3 Å². The lowest BCUT2D eigenvalue weighted by Crippen LogP contribution is -2.32. The van der Waals surface area contributed by atoms with Crippen LogP contribution in [0.25, 0.3) is 6.08 Å². The number of nitrogens with one attached hydrogen (secondary N) is 1. The molecule has 0 saturated heterocycles. The molecule has 0 amide bonds. The van der Waals surface area contributed by atoms with E-state index in [9.17, 15) is 14.4 Å². The highest BCUT2D eigenvalue weighted by Gasteiger charge is 2.38. The maximum Gasteiger partial charge on any atom is 0.336 e. The average molecular weight is 399 g/mol. The van der Waals surface area contributed by atoms with Crippen LogP contribution in [0.3, 0.4) is 0 Å². The molecule has 2 rings (SSSR count). The van der Waals surface area contributed by atoms with E-state index < -0.39 is 23.8 Å². The molecule has 1 heterocycles. The van der Waals surface area contributed by atoms with Crippen LogP contribution in [0, 0.1) is 0 Å². The second-order valence-corrected chi connectivity index (χ2v) is 6.38. The quantitative estimate of drug-likeness (QED) is 0.536. The van der Waals surface area contributed by atoms with Gasteiger partial charge in [0.1, 0.15) is 0 Å². The van der Waals surface area contributed by atoms with Gasteiger partial charge in [0.2, 0.25) is 0 Å². The molecule has 0 fully saturated rings. The van der Waals surface area contributed by atoms with Crippen LogP contribution in [0.1, 0.15) is 44.7 Å². The Morgan fingerprint density at radius 2 is 1.52 bits per heavy atom. The third-order valence-corrected chi connectivity index (χ3v) is 4.46. The third kappa shape index (κ3) is 4.93. The molecule has 7 nitrogen and oxygen atoms in total. The number of carboxylic acid groups (broad SMARTS) is 1. The Morgan fingerprint density at radius 1 is 1.00 bits per heavy atom. The van der Waals surface area contributed by atoms with E-state index in [0.29, 0.717) is 22.5 Å². The number of hydrogen-bond donors (Lipinski definition) is 2. The number of dihydropyridines is 1. The fraction of sp³-hybridized carbons (Fsp3) is 0.318. The topological polar surface area (TPSA) is 102 Å². The number of ether oxygens (including phenoxy) is 2. The molecule has 154 valence electrons. The predicted molar refractivity (Wildman–Crippen MR) is 108 cm³/mol. The molecule has 1 aromatic carbocycles. The largest absolute Gasteiger partial charge is 0.478 e. The van der Waals surface area contributed by atoms with Crippen molar-refractivity contribution in [3.63, 3.8) is 0 Å². The Bertz CT molecular complexity index is 870. The average Bonchev–Trinajstić information content (AvgIpc) is 2.66. The molecule has 0 spiro atoms. The van der Waals surface area contributed by atoms with E-state index in [0.717, 1.165) is 6.08 Å². The zero-order valence-electron chi connectivity index (χ0n) is 16.9. The molecule has 0 radical (unpaired) electrons. The van der Waals surface area contributed by atoms with Crippen molar-refractivity contribution in [1.82, 2.24) is 5.32 Å². The highest BCUT2D eigenvalue weighted by Crippen LogP contribution is 2.40. The minimum absolute atomic E-state index is 0.181. The van der Waals surface area contributed by atoms with Gasteiger partial charge in [0, 0.05) is 17.5 Å². The summed E-state index contributed by atoms with van der Waals surface area (Å²) in [6.45, 7) is 7.24. The van der Waals surface area contributed by atoms with Crippen LogP contribution in [0.15, 0.2) is 52.9 Å². The summed E-state index contributed by atoms with van der Waals surface area (Å²) in [6, 6.07) is 7.02. The fourth-order valence-corrected chi connectivity index (χ4v) is 3.35. The van der Waals surface area contributed by atoms with E-state index in [4.69, 9.17) is 14.6 Å². The smallest absolute Gasteiger partial charge is 0.336 e. The van der Waals surface area contributed by atoms with Gasteiger partial charge in [0.25, 0.3) is 0 Å². The van der Waals surface area contributed by atoms with Crippen LogP contribution < -0.4 is 5.32 Å². The molecule has 0 aliphatic carbocycles. The van der Waals surface area contributed by atoms with Crippen LogP contribution in [0.2, 0.25) is 0 Å². The zero-order valence-corrected chi connectivity index (χ0v) is 16.9. The van der Waals surface area contributed by atoms with Crippen LogP contribution in [-0.2, 0) is 23.9 Å². The van der Waals surface area contributed by atoms with E-state index in [2.05, 4.69) is 5.32 Å². The summed E-state index contributed by atoms with van der Waals surface area (Å²) < 4.78 is 10.5. The first-order valence-corrected chi connectivity index (χ1v) is 9.34. The standard InChI is InChI=1S/C22H25NO6/c1-5-28-21(26)18-13(3)23-14(4)19(22(27)29-6-2)20(18)16-10-8-7-9-15(16)11-12-17(24)25/h7-12,20,23H,5-6H2,1-4H3,(H,24,25)/b12-11+. The van der Waals surface area contributed by atoms with E-state index in [1.807, 2.05) is 0 Å². The van der Waals surface area contributed by atoms with E-state index >= 15 is 0 Å². The second kappa shape index (κ2) is 9.73. The predicted octanol–water partition coefficient (Wildman–Crippen LogP) is 3.15. The maximum atomic E-state index is 12.8. The molecule has 7 heteroatoms. The first-order valence-electron chi connectivity index (χ1n) is 9.34. The van der Waals surface area contributed by atoms with Crippen LogP contribution in [-0.4, -0.2) is 36.2 Å². The number of rotatable bonds is 7. The Hall–Kier alpha value is -3.35. The van der Waals surface area contributed by atoms with E-state index in [1.54, 1.807) is 52.0 Å². The minimum Gasteiger partial charge on any atom is -0.478 e. The van der Waals surface area contributed by atoms with Gasteiger partial charge in [-0.3, -0.25) is 0 Å². The highest BCUT2D eigenvalue weighted by atomic mass is 16.5. The molecule has 0 unspecified atom stereocenters. The summed E-state index contributed by atoms with van der Waals surface area (Å²) in [4.78, 5) is 36.6. The number of carboxylic acids is 1. The van der Waals surface area contributed by atoms with E-state index in [1.165, 1.54) is 6.08 Å². The molecule has 0 atom stereocenters. The minimum atomic E-state index is -1.10. The van der Waals surface area contributed by atoms with Crippen molar-refractivity contribution in [1.29, 1.82) is 0 Å². The van der Waals surface area contributed by atoms with Gasteiger partial charge in [0.15, 0.2) is 0 Å². The molecule has 0 saturated carbocycles. The zero-order chi connectivity index (χ0) is 21.6. The lowest BCUT2D eigenvalue weighted by atomic mass is 9.78. The fourth-order valence-electron chi connectivity index (χ4n) is 3.35. The summed E-state index contributed by atoms with van der Waals surface area (Å²) in [5.41, 5.74) is 2.89. The number of carbonyl (C=O) groups excluding carboxylic acids is 2. The molecular weight excluding hydrogens is 374 g/mol. The molecule has 1 aromatic rings. The van der Waals surface area contributed by atoms with Gasteiger partial charge in [-0.15, -0.1) is 0 Å². The number of esters is 2. The van der Waals surface area contributed by atoms with Gasteiger partial charge in [-0.2, -0.15) is 0 Å². The van der Waals surface area contributed by atoms with Crippen molar-refractivity contribution in [3.05, 3.63) is 64.0 Å². The van der Waals surface area contributed by atoms with Gasteiger partial charge in [-0.05, 0) is 44.9 Å². The molecule has 29 heavy (non-hydrogen) atoms. The Kier molecular flexibility index (Phi) is 7.36. The van der Waals surface area contributed by atoms with Crippen molar-refractivity contribution < 1.29 is 29.0 Å². The van der Waals surface area contributed by atoms with Gasteiger partial charge >= 0.3 is 17.9 Å². The third-order valence-electron chi connectivity index (χ3n) is 4.46. The lowest BCUT2D eigenvalue weighted by Gasteiger charge is -2.31. The molecule has 2 N–H and O–H groups in total. The first kappa shape index (κ1) is 21.9. The van der Waals surface area contributed by atoms with Crippen molar-refractivity contribution in [3.8, 4) is 0 Å². The monoisotopic (exact) mass is 399 g/mol. The normalized spacial score (nSPS) is 14.8. The van der Waals surface area contributed by atoms with Crippen molar-refractivity contribution in [2.75, 3.05) is 13.2 Å². The number of allylic oxidation sites excluding steroid dienone is 2.